The van der Waals surface area contributed by atoms with Crippen molar-refractivity contribution in [2.45, 2.75) is 79.1 Å². The highest BCUT2D eigenvalue weighted by atomic mass is 16.5. The third kappa shape index (κ3) is 3.56. The number of hydrogen-bond acceptors (Lipinski definition) is 6. The fourth-order valence-electron chi connectivity index (χ4n) is 4.59. The van der Waals surface area contributed by atoms with Gasteiger partial charge in [0.2, 0.25) is 0 Å². The summed E-state index contributed by atoms with van der Waals surface area (Å²) in [5.41, 5.74) is 2.90. The van der Waals surface area contributed by atoms with Crippen molar-refractivity contribution >= 4 is 11.6 Å². The molecule has 28 heavy (non-hydrogen) atoms. The maximum Gasteiger partial charge on any atom is 0.168 e. The van der Waals surface area contributed by atoms with Gasteiger partial charge in [0, 0.05) is 25.7 Å². The summed E-state index contributed by atoms with van der Waals surface area (Å²) in [7, 11) is 0. The van der Waals surface area contributed by atoms with Gasteiger partial charge in [0.1, 0.15) is 11.5 Å². The molecule has 0 bridgehead atoms. The van der Waals surface area contributed by atoms with Crippen LogP contribution in [0.4, 0.5) is 0 Å². The first kappa shape index (κ1) is 19.1. The minimum absolute atomic E-state index is 0.0509. The van der Waals surface area contributed by atoms with E-state index < -0.39 is 0 Å². The second-order valence-electron chi connectivity index (χ2n) is 9.94. The van der Waals surface area contributed by atoms with Crippen LogP contribution in [0.15, 0.2) is 9.05 Å². The molecular weight excluding hydrogens is 356 g/mol. The van der Waals surface area contributed by atoms with Crippen LogP contribution in [0.25, 0.3) is 0 Å². The van der Waals surface area contributed by atoms with E-state index in [0.29, 0.717) is 48.3 Å². The summed E-state index contributed by atoms with van der Waals surface area (Å²) in [6.07, 6.45) is 5.66. The first-order valence-corrected chi connectivity index (χ1v) is 10.2. The lowest BCUT2D eigenvalue weighted by Crippen LogP contribution is -2.27. The summed E-state index contributed by atoms with van der Waals surface area (Å²) in [5, 5.41) is 8.29. The topological polar surface area (TPSA) is 86.2 Å². The molecule has 0 fully saturated rings. The van der Waals surface area contributed by atoms with Crippen molar-refractivity contribution in [1.29, 1.82) is 0 Å². The zero-order chi connectivity index (χ0) is 20.1. The molecule has 2 aromatic rings. The van der Waals surface area contributed by atoms with Crippen LogP contribution in [0.1, 0.15) is 97.0 Å². The third-order valence-electron chi connectivity index (χ3n) is 5.85. The SMILES string of the molecule is CC1(C)CC(=O)c2c(noc2CCCCc2onc3c2C(=O)CC(C)(C)C3)C1. The van der Waals surface area contributed by atoms with Gasteiger partial charge < -0.3 is 9.05 Å². The molecule has 150 valence electrons. The van der Waals surface area contributed by atoms with Crippen molar-refractivity contribution in [3.05, 3.63) is 34.0 Å². The number of aryl methyl sites for hydroxylation is 2. The number of ketones is 2. The minimum Gasteiger partial charge on any atom is -0.360 e. The molecular formula is C22H28N2O4. The Bertz CT molecular complexity index is 856. The number of fused-ring (bicyclic) bond motifs is 2. The smallest absolute Gasteiger partial charge is 0.168 e. The van der Waals surface area contributed by atoms with Gasteiger partial charge in [-0.05, 0) is 36.5 Å². The molecule has 0 amide bonds. The summed E-state index contributed by atoms with van der Waals surface area (Å²) in [6.45, 7) is 8.34. The Kier molecular flexibility index (Phi) is 4.55. The van der Waals surface area contributed by atoms with E-state index in [1.54, 1.807) is 0 Å². The van der Waals surface area contributed by atoms with Gasteiger partial charge in [0.15, 0.2) is 11.6 Å². The van der Waals surface area contributed by atoms with E-state index in [4.69, 9.17) is 9.05 Å². The van der Waals surface area contributed by atoms with Gasteiger partial charge in [-0.25, -0.2) is 0 Å². The molecule has 0 atom stereocenters. The second kappa shape index (κ2) is 6.68. The molecule has 0 N–H and O–H groups in total. The normalized spacial score (nSPS) is 20.1. The largest absolute Gasteiger partial charge is 0.360 e. The monoisotopic (exact) mass is 384 g/mol. The number of hydrogen-bond donors (Lipinski definition) is 0. The lowest BCUT2D eigenvalue weighted by atomic mass is 9.75. The summed E-state index contributed by atoms with van der Waals surface area (Å²) in [5.74, 6) is 1.68. The number of carbonyl (C=O) groups excluding carboxylic acids is 2. The molecule has 4 rings (SSSR count). The highest BCUT2D eigenvalue weighted by molar-refractivity contribution is 6.00. The van der Waals surface area contributed by atoms with Crippen molar-refractivity contribution in [3.63, 3.8) is 0 Å². The molecule has 0 aromatic carbocycles. The zero-order valence-electron chi connectivity index (χ0n) is 17.2. The molecule has 2 aromatic heterocycles. The van der Waals surface area contributed by atoms with E-state index in [9.17, 15) is 9.59 Å². The van der Waals surface area contributed by atoms with Gasteiger partial charge in [0.05, 0.1) is 22.5 Å². The van der Waals surface area contributed by atoms with Crippen LogP contribution in [0.3, 0.4) is 0 Å². The van der Waals surface area contributed by atoms with Crippen molar-refractivity contribution in [2.75, 3.05) is 0 Å². The van der Waals surface area contributed by atoms with E-state index in [1.165, 1.54) is 0 Å². The predicted octanol–water partition coefficient (Wildman–Crippen LogP) is 4.54. The van der Waals surface area contributed by atoms with Gasteiger partial charge in [0.25, 0.3) is 0 Å². The van der Waals surface area contributed by atoms with Crippen LogP contribution in [0.5, 0.6) is 0 Å². The zero-order valence-corrected chi connectivity index (χ0v) is 17.2. The summed E-state index contributed by atoms with van der Waals surface area (Å²) in [6, 6.07) is 0. The Balaban J connectivity index is 1.37. The van der Waals surface area contributed by atoms with Crippen LogP contribution in [0.2, 0.25) is 0 Å². The van der Waals surface area contributed by atoms with E-state index in [2.05, 4.69) is 38.0 Å². The first-order chi connectivity index (χ1) is 13.2. The fraction of sp³-hybridized carbons (Fsp3) is 0.636. The molecule has 2 heterocycles. The Hall–Kier alpha value is -2.24. The Morgan fingerprint density at radius 2 is 1.11 bits per heavy atom. The Labute approximate surface area is 165 Å². The van der Waals surface area contributed by atoms with E-state index in [-0.39, 0.29) is 22.4 Å². The van der Waals surface area contributed by atoms with Crippen LogP contribution >= 0.6 is 0 Å². The maximum atomic E-state index is 12.5. The molecule has 2 aliphatic rings. The van der Waals surface area contributed by atoms with Crippen LogP contribution in [-0.4, -0.2) is 21.9 Å². The fourth-order valence-corrected chi connectivity index (χ4v) is 4.59. The number of Topliss-reactive ketones (excluding diaryl/α,β-unsaturated/α-hetero) is 2. The molecule has 2 aliphatic carbocycles. The second-order valence-corrected chi connectivity index (χ2v) is 9.94. The van der Waals surface area contributed by atoms with E-state index in [0.717, 1.165) is 37.1 Å². The number of nitrogens with zero attached hydrogens (tertiary/aromatic N) is 2. The summed E-state index contributed by atoms with van der Waals surface area (Å²) >= 11 is 0. The number of aromatic nitrogens is 2. The molecule has 0 spiro atoms. The molecule has 0 unspecified atom stereocenters. The quantitative estimate of drug-likeness (QED) is 0.704. The van der Waals surface area contributed by atoms with Crippen LogP contribution < -0.4 is 0 Å². The molecule has 0 radical (unpaired) electrons. The first-order valence-electron chi connectivity index (χ1n) is 10.2. The molecule has 0 saturated carbocycles. The highest BCUT2D eigenvalue weighted by Gasteiger charge is 2.37. The van der Waals surface area contributed by atoms with E-state index in [1.807, 2.05) is 0 Å². The van der Waals surface area contributed by atoms with Gasteiger partial charge in [-0.2, -0.15) is 0 Å². The van der Waals surface area contributed by atoms with Crippen LogP contribution in [0, 0.1) is 10.8 Å². The standard InChI is InChI=1S/C22H28N2O4/c1-21(2)9-13-19(15(25)11-21)17(27-23-13)7-5-6-8-18-20-14(24-28-18)10-22(3,4)12-16(20)26/h5-12H2,1-4H3. The predicted molar refractivity (Wildman–Crippen MR) is 103 cm³/mol. The van der Waals surface area contributed by atoms with E-state index >= 15 is 0 Å². The Morgan fingerprint density at radius 1 is 0.714 bits per heavy atom. The third-order valence-corrected chi connectivity index (χ3v) is 5.85. The average molecular weight is 384 g/mol. The summed E-state index contributed by atoms with van der Waals surface area (Å²) < 4.78 is 11.0. The average Bonchev–Trinajstić information content (AvgIpc) is 3.13. The highest BCUT2D eigenvalue weighted by Crippen LogP contribution is 2.37. The lowest BCUT2D eigenvalue weighted by molar-refractivity contribution is 0.0900. The van der Waals surface area contributed by atoms with Gasteiger partial charge in [-0.1, -0.05) is 38.0 Å². The van der Waals surface area contributed by atoms with Gasteiger partial charge >= 0.3 is 0 Å². The summed E-state index contributed by atoms with van der Waals surface area (Å²) in [4.78, 5) is 25.0. The molecule has 0 saturated heterocycles. The van der Waals surface area contributed by atoms with Crippen molar-refractivity contribution in [3.8, 4) is 0 Å². The lowest BCUT2D eigenvalue weighted by Gasteiger charge is -2.27. The van der Waals surface area contributed by atoms with Crippen LogP contribution in [-0.2, 0) is 25.7 Å². The molecule has 6 nitrogen and oxygen atoms in total. The van der Waals surface area contributed by atoms with Crippen molar-refractivity contribution in [2.24, 2.45) is 10.8 Å². The number of carbonyl (C=O) groups is 2. The minimum atomic E-state index is -0.0509. The molecule has 6 heteroatoms. The van der Waals surface area contributed by atoms with Gasteiger partial charge in [-0.3, -0.25) is 9.59 Å². The van der Waals surface area contributed by atoms with Crippen molar-refractivity contribution in [1.82, 2.24) is 10.3 Å². The number of unbranched alkanes of at least 4 members (excludes halogenated alkanes) is 1. The van der Waals surface area contributed by atoms with Crippen molar-refractivity contribution < 1.29 is 18.6 Å². The number of rotatable bonds is 5. The maximum absolute atomic E-state index is 12.5. The van der Waals surface area contributed by atoms with Gasteiger partial charge in [-0.15, -0.1) is 0 Å². The molecule has 0 aliphatic heterocycles. The Morgan fingerprint density at radius 3 is 1.50 bits per heavy atom.